The number of methoxy groups -OCH3 is 1. The van der Waals surface area contributed by atoms with E-state index in [4.69, 9.17) is 18.9 Å². The van der Waals surface area contributed by atoms with Crippen LogP contribution in [0.2, 0.25) is 0 Å². The van der Waals surface area contributed by atoms with E-state index in [2.05, 4.69) is 11.9 Å². The summed E-state index contributed by atoms with van der Waals surface area (Å²) < 4.78 is 23.4. The van der Waals surface area contributed by atoms with E-state index >= 15 is 0 Å². The molecule has 12 nitrogen and oxygen atoms in total. The normalized spacial score (nSPS) is 33.5. The topological polar surface area (TPSA) is 184 Å². The Labute approximate surface area is 264 Å². The fourth-order valence-corrected chi connectivity index (χ4v) is 6.60. The first-order valence-electron chi connectivity index (χ1n) is 15.6. The Hall–Kier alpha value is -2.74. The van der Waals surface area contributed by atoms with E-state index in [0.29, 0.717) is 11.1 Å². The van der Waals surface area contributed by atoms with E-state index in [0.717, 1.165) is 11.6 Å². The van der Waals surface area contributed by atoms with Gasteiger partial charge in [-0.05, 0) is 25.0 Å². The fraction of sp³-hybridized carbons (Fsp3) is 0.697. The van der Waals surface area contributed by atoms with Crippen molar-refractivity contribution in [3.8, 4) is 11.5 Å². The number of esters is 1. The summed E-state index contributed by atoms with van der Waals surface area (Å²) in [5.41, 5.74) is 0.990. The van der Waals surface area contributed by atoms with E-state index in [1.165, 1.54) is 7.11 Å². The van der Waals surface area contributed by atoms with Gasteiger partial charge < -0.3 is 49.8 Å². The number of carbonyl (C=O) groups excluding carboxylic acids is 2. The van der Waals surface area contributed by atoms with Gasteiger partial charge in [0.25, 0.3) is 5.91 Å². The maximum atomic E-state index is 13.1. The molecule has 2 saturated heterocycles. The molecule has 0 bridgehead atoms. The Bertz CT molecular complexity index is 1300. The monoisotopic (exact) mass is 635 g/mol. The third kappa shape index (κ3) is 6.72. The third-order valence-electron chi connectivity index (χ3n) is 10.4. The van der Waals surface area contributed by atoms with Crippen molar-refractivity contribution in [2.75, 3.05) is 13.7 Å². The van der Waals surface area contributed by atoms with Gasteiger partial charge in [-0.2, -0.15) is 0 Å². The van der Waals surface area contributed by atoms with Crippen LogP contribution in [0.1, 0.15) is 75.4 Å². The molecule has 10 atom stereocenters. The predicted molar refractivity (Wildman–Crippen MR) is 162 cm³/mol. The van der Waals surface area contributed by atoms with Gasteiger partial charge in [0.05, 0.1) is 30.5 Å². The van der Waals surface area contributed by atoms with Crippen LogP contribution < -0.4 is 5.32 Å². The average molecular weight is 636 g/mol. The van der Waals surface area contributed by atoms with Gasteiger partial charge in [0, 0.05) is 62.7 Å². The SMILES string of the molecule is C=C1CC(OC)(C(O)C(=O)NCC2CC(O)C(C)(C)C(CC(O)C(C)C3Cc4c(C)c(O)cc(O)c4C(=O)O3)O2)OC(C)C1C. The molecule has 6 N–H and O–H groups in total. The Morgan fingerprint density at radius 1 is 1.22 bits per heavy atom. The summed E-state index contributed by atoms with van der Waals surface area (Å²) in [5, 5.41) is 56.4. The first-order chi connectivity index (χ1) is 20.9. The first-order valence-corrected chi connectivity index (χ1v) is 15.6. The highest BCUT2D eigenvalue weighted by molar-refractivity contribution is 5.96. The summed E-state index contributed by atoms with van der Waals surface area (Å²) in [7, 11) is 1.37. The number of fused-ring (bicyclic) bond motifs is 1. The van der Waals surface area contributed by atoms with Gasteiger partial charge >= 0.3 is 5.97 Å². The van der Waals surface area contributed by atoms with Gasteiger partial charge in [-0.3, -0.25) is 4.79 Å². The number of aromatic hydroxyl groups is 2. The van der Waals surface area contributed by atoms with E-state index in [1.54, 1.807) is 13.8 Å². The number of ether oxygens (including phenoxy) is 4. The molecule has 0 radical (unpaired) electrons. The molecule has 1 aromatic carbocycles. The minimum Gasteiger partial charge on any atom is -0.508 e. The number of hydrogen-bond acceptors (Lipinski definition) is 11. The summed E-state index contributed by atoms with van der Waals surface area (Å²) in [5.74, 6) is -4.05. The van der Waals surface area contributed by atoms with Crippen molar-refractivity contribution in [3.63, 3.8) is 0 Å². The number of nitrogens with one attached hydrogen (secondary N) is 1. The van der Waals surface area contributed by atoms with Gasteiger partial charge in [-0.1, -0.05) is 39.8 Å². The zero-order chi connectivity index (χ0) is 33.6. The number of rotatable bonds is 9. The summed E-state index contributed by atoms with van der Waals surface area (Å²) in [6.45, 7) is 14.9. The van der Waals surface area contributed by atoms with Gasteiger partial charge in [0.2, 0.25) is 5.79 Å². The molecule has 3 heterocycles. The number of phenolic OH excluding ortho intramolecular Hbond substituents is 2. The molecule has 3 aliphatic heterocycles. The quantitative estimate of drug-likeness (QED) is 0.173. The molecule has 2 fully saturated rings. The number of phenols is 2. The molecule has 1 aromatic rings. The molecule has 0 saturated carbocycles. The lowest BCUT2D eigenvalue weighted by Gasteiger charge is -2.47. The van der Waals surface area contributed by atoms with Crippen molar-refractivity contribution in [1.82, 2.24) is 5.32 Å². The number of aliphatic hydroxyl groups excluding tert-OH is 3. The lowest BCUT2D eigenvalue weighted by atomic mass is 9.73. The molecule has 1 amide bonds. The minimum atomic E-state index is -1.64. The van der Waals surface area contributed by atoms with Crippen LogP contribution in [0, 0.1) is 24.2 Å². The van der Waals surface area contributed by atoms with Gasteiger partial charge in [0.15, 0.2) is 6.10 Å². The van der Waals surface area contributed by atoms with Crippen LogP contribution >= 0.6 is 0 Å². The molecular weight excluding hydrogens is 586 g/mol. The van der Waals surface area contributed by atoms with Crippen LogP contribution in [0.5, 0.6) is 11.5 Å². The highest BCUT2D eigenvalue weighted by atomic mass is 16.7. The van der Waals surface area contributed by atoms with Crippen molar-refractivity contribution in [2.45, 2.75) is 116 Å². The van der Waals surface area contributed by atoms with Crippen molar-refractivity contribution < 1.29 is 54.1 Å². The Kier molecular flexibility index (Phi) is 10.3. The number of cyclic esters (lactones) is 1. The van der Waals surface area contributed by atoms with Crippen LogP contribution in [-0.4, -0.2) is 99.6 Å². The second-order valence-corrected chi connectivity index (χ2v) is 13.6. The molecule has 10 unspecified atom stereocenters. The second-order valence-electron chi connectivity index (χ2n) is 13.6. The van der Waals surface area contributed by atoms with Crippen LogP contribution in [0.4, 0.5) is 0 Å². The molecule has 0 aliphatic carbocycles. The summed E-state index contributed by atoms with van der Waals surface area (Å²) in [6, 6.07) is 1.11. The number of benzene rings is 1. The highest BCUT2D eigenvalue weighted by Gasteiger charge is 2.50. The molecule has 0 spiro atoms. The molecule has 4 rings (SSSR count). The molecule has 12 heteroatoms. The third-order valence-corrected chi connectivity index (χ3v) is 10.4. The molecule has 252 valence electrons. The highest BCUT2D eigenvalue weighted by Crippen LogP contribution is 2.42. The number of amides is 1. The Morgan fingerprint density at radius 3 is 2.51 bits per heavy atom. The maximum absolute atomic E-state index is 13.1. The average Bonchev–Trinajstić information content (AvgIpc) is 2.98. The zero-order valence-corrected chi connectivity index (χ0v) is 27.2. The van der Waals surface area contributed by atoms with Crippen LogP contribution in [0.25, 0.3) is 0 Å². The van der Waals surface area contributed by atoms with Crippen molar-refractivity contribution in [3.05, 3.63) is 34.9 Å². The smallest absolute Gasteiger partial charge is 0.342 e. The van der Waals surface area contributed by atoms with E-state index in [9.17, 15) is 35.1 Å². The van der Waals surface area contributed by atoms with Crippen molar-refractivity contribution >= 4 is 11.9 Å². The molecule has 0 aromatic heterocycles. The van der Waals surface area contributed by atoms with E-state index in [-0.39, 0.29) is 61.3 Å². The largest absolute Gasteiger partial charge is 0.508 e. The maximum Gasteiger partial charge on any atom is 0.342 e. The molecule has 45 heavy (non-hydrogen) atoms. The lowest BCUT2D eigenvalue weighted by Crippen LogP contribution is -2.60. The van der Waals surface area contributed by atoms with Crippen molar-refractivity contribution in [2.24, 2.45) is 17.3 Å². The van der Waals surface area contributed by atoms with Crippen LogP contribution in [-0.2, 0) is 30.2 Å². The predicted octanol–water partition coefficient (Wildman–Crippen LogP) is 2.24. The Morgan fingerprint density at radius 2 is 1.89 bits per heavy atom. The van der Waals surface area contributed by atoms with Gasteiger partial charge in [0.1, 0.15) is 23.2 Å². The minimum absolute atomic E-state index is 0.0126. The zero-order valence-electron chi connectivity index (χ0n) is 27.2. The number of hydrogen-bond donors (Lipinski definition) is 6. The van der Waals surface area contributed by atoms with Crippen LogP contribution in [0.15, 0.2) is 18.2 Å². The summed E-state index contributed by atoms with van der Waals surface area (Å²) in [4.78, 5) is 25.8. The van der Waals surface area contributed by atoms with Gasteiger partial charge in [-0.15, -0.1) is 0 Å². The first kappa shape index (κ1) is 35.1. The van der Waals surface area contributed by atoms with E-state index in [1.807, 2.05) is 27.7 Å². The second kappa shape index (κ2) is 13.2. The number of carbonyl (C=O) groups is 2. The standard InChI is InChI=1S/C33H49NO11/c1-15-13-33(42-8,45-19(5)16(15)2)29(39)30(40)34-14-20-9-26(38)32(6,7)27(43-20)12-23(36)18(4)25-10-21-17(3)22(35)11-24(37)28(21)31(41)44-25/h11,16,18-20,23,25-27,29,35-39H,1,9-10,12-14H2,2-8H3,(H,34,40). The molecule has 3 aliphatic rings. The van der Waals surface area contributed by atoms with Crippen LogP contribution in [0.3, 0.4) is 0 Å². The molecular formula is C33H49NO11. The van der Waals surface area contributed by atoms with Gasteiger partial charge in [-0.25, -0.2) is 4.79 Å². The van der Waals surface area contributed by atoms with Crippen molar-refractivity contribution in [1.29, 1.82) is 0 Å². The van der Waals surface area contributed by atoms with E-state index < -0.39 is 65.6 Å². The Balaban J connectivity index is 1.40. The lowest BCUT2D eigenvalue weighted by molar-refractivity contribution is -0.297. The summed E-state index contributed by atoms with van der Waals surface area (Å²) >= 11 is 0. The number of aliphatic hydroxyl groups is 3. The fourth-order valence-electron chi connectivity index (χ4n) is 6.60. The summed E-state index contributed by atoms with van der Waals surface area (Å²) in [6.07, 6.45) is -5.13.